The lowest BCUT2D eigenvalue weighted by Gasteiger charge is -2.02. The topological polar surface area (TPSA) is 55.1 Å². The minimum absolute atomic E-state index is 0.0640. The number of carbonyl (C=O) groups excluding carboxylic acids is 1. The van der Waals surface area contributed by atoms with Crippen molar-refractivity contribution in [1.82, 2.24) is 9.78 Å². The average Bonchev–Trinajstić information content (AvgIpc) is 3.10. The molecule has 4 rings (SSSR count). The molecular weight excluding hydrogens is 264 g/mol. The number of benzene rings is 1. The smallest absolute Gasteiger partial charge is 0.167 e. The minimum Gasteiger partial charge on any atom is -0.394 e. The molecule has 0 radical (unpaired) electrons. The Morgan fingerprint density at radius 1 is 1.19 bits per heavy atom. The molecule has 0 spiro atoms. The fraction of sp³-hybridized carbons (Fsp3) is 0.412. The van der Waals surface area contributed by atoms with Gasteiger partial charge in [0, 0.05) is 12.3 Å². The van der Waals surface area contributed by atoms with Crippen LogP contribution in [0.1, 0.15) is 52.0 Å². The maximum atomic E-state index is 12.2. The fourth-order valence-corrected chi connectivity index (χ4v) is 3.54. The summed E-state index contributed by atoms with van der Waals surface area (Å²) in [4.78, 5) is 12.2. The van der Waals surface area contributed by atoms with E-state index in [-0.39, 0.29) is 12.4 Å². The van der Waals surface area contributed by atoms with Crippen molar-refractivity contribution in [2.24, 2.45) is 0 Å². The molecule has 108 valence electrons. The van der Waals surface area contributed by atoms with E-state index in [0.29, 0.717) is 24.8 Å². The molecule has 1 fully saturated rings. The maximum absolute atomic E-state index is 12.2. The van der Waals surface area contributed by atoms with Crippen molar-refractivity contribution < 1.29 is 9.90 Å². The molecule has 4 heteroatoms. The Bertz CT molecular complexity index is 690. The van der Waals surface area contributed by atoms with Gasteiger partial charge in [-0.15, -0.1) is 0 Å². The predicted molar refractivity (Wildman–Crippen MR) is 78.5 cm³/mol. The Kier molecular flexibility index (Phi) is 2.93. The highest BCUT2D eigenvalue weighted by Gasteiger charge is 2.45. The second-order valence-electron chi connectivity index (χ2n) is 5.94. The van der Waals surface area contributed by atoms with Crippen LogP contribution in [0, 0.1) is 0 Å². The predicted octanol–water partition coefficient (Wildman–Crippen LogP) is 2.28. The zero-order valence-corrected chi connectivity index (χ0v) is 11.8. The summed E-state index contributed by atoms with van der Waals surface area (Å²) in [7, 11) is 0. The second-order valence-corrected chi connectivity index (χ2v) is 5.94. The summed E-state index contributed by atoms with van der Waals surface area (Å²) in [5.74, 6) is 1.08. The van der Waals surface area contributed by atoms with Gasteiger partial charge in [-0.3, -0.25) is 9.48 Å². The van der Waals surface area contributed by atoms with E-state index in [2.05, 4.69) is 29.4 Å². The van der Waals surface area contributed by atoms with Gasteiger partial charge in [0.25, 0.3) is 0 Å². The zero-order chi connectivity index (χ0) is 14.4. The van der Waals surface area contributed by atoms with Crippen LogP contribution in [0.3, 0.4) is 0 Å². The van der Waals surface area contributed by atoms with Crippen LogP contribution in [0.4, 0.5) is 0 Å². The summed E-state index contributed by atoms with van der Waals surface area (Å²) in [5, 5.41) is 13.8. The molecule has 0 saturated heterocycles. The largest absolute Gasteiger partial charge is 0.394 e. The first-order valence-corrected chi connectivity index (χ1v) is 7.58. The molecule has 0 amide bonds. The molecule has 2 aliphatic carbocycles. The summed E-state index contributed by atoms with van der Waals surface area (Å²) in [5.41, 5.74) is 4.18. The lowest BCUT2D eigenvalue weighted by atomic mass is 10.0. The average molecular weight is 282 g/mol. The molecule has 2 aromatic rings. The quantitative estimate of drug-likeness (QED) is 0.936. The molecule has 2 aliphatic rings. The van der Waals surface area contributed by atoms with E-state index >= 15 is 0 Å². The third kappa shape index (κ3) is 2.02. The van der Waals surface area contributed by atoms with E-state index in [9.17, 15) is 4.79 Å². The standard InChI is InChI=1S/C17H18N2O2/c20-9-8-19-14-6-7-15(21)16(14)17(18-19)13-10-12(13)11-4-2-1-3-5-11/h1-5,12-13,20H,6-10H2/t12-,13+/m0/s1. The van der Waals surface area contributed by atoms with Crippen molar-refractivity contribution in [2.45, 2.75) is 37.6 Å². The molecule has 0 aliphatic heterocycles. The Morgan fingerprint density at radius 2 is 2.00 bits per heavy atom. The van der Waals surface area contributed by atoms with Gasteiger partial charge < -0.3 is 5.11 Å². The highest BCUT2D eigenvalue weighted by molar-refractivity contribution is 6.01. The normalized spacial score (nSPS) is 23.4. The van der Waals surface area contributed by atoms with Crippen LogP contribution in [0.2, 0.25) is 0 Å². The molecule has 4 nitrogen and oxygen atoms in total. The van der Waals surface area contributed by atoms with Gasteiger partial charge in [-0.25, -0.2) is 0 Å². The first kappa shape index (κ1) is 12.8. The van der Waals surface area contributed by atoms with Gasteiger partial charge in [0.15, 0.2) is 5.78 Å². The monoisotopic (exact) mass is 282 g/mol. The molecule has 1 N–H and O–H groups in total. The van der Waals surface area contributed by atoms with Gasteiger partial charge in [0.1, 0.15) is 0 Å². The number of hydrogen-bond acceptors (Lipinski definition) is 3. The molecule has 1 aromatic heterocycles. The Morgan fingerprint density at radius 3 is 2.76 bits per heavy atom. The van der Waals surface area contributed by atoms with Gasteiger partial charge >= 0.3 is 0 Å². The number of aromatic nitrogens is 2. The number of aliphatic hydroxyl groups is 1. The molecule has 0 bridgehead atoms. The molecule has 1 aromatic carbocycles. The van der Waals surface area contributed by atoms with E-state index in [1.807, 2.05) is 10.7 Å². The van der Waals surface area contributed by atoms with Crippen molar-refractivity contribution in [3.05, 3.63) is 52.8 Å². The van der Waals surface area contributed by atoms with E-state index in [0.717, 1.165) is 29.8 Å². The summed E-state index contributed by atoms with van der Waals surface area (Å²) >= 11 is 0. The highest BCUT2D eigenvalue weighted by atomic mass is 16.3. The minimum atomic E-state index is 0.0640. The van der Waals surface area contributed by atoms with Crippen LogP contribution < -0.4 is 0 Å². The summed E-state index contributed by atoms with van der Waals surface area (Å²) in [6, 6.07) is 10.4. The summed E-state index contributed by atoms with van der Waals surface area (Å²) in [6.07, 6.45) is 2.43. The number of ketones is 1. The van der Waals surface area contributed by atoms with Gasteiger partial charge in [0.2, 0.25) is 0 Å². The lowest BCUT2D eigenvalue weighted by molar-refractivity contribution is 0.0993. The Hall–Kier alpha value is -1.94. The van der Waals surface area contributed by atoms with Crippen LogP contribution >= 0.6 is 0 Å². The third-order valence-corrected chi connectivity index (χ3v) is 4.63. The SMILES string of the molecule is O=C1CCc2c1c([C@@H]1C[C@H]1c1ccccc1)nn2CCO. The van der Waals surface area contributed by atoms with Crippen molar-refractivity contribution in [2.75, 3.05) is 6.61 Å². The molecule has 1 heterocycles. The lowest BCUT2D eigenvalue weighted by Crippen LogP contribution is -2.07. The van der Waals surface area contributed by atoms with Gasteiger partial charge in [0.05, 0.1) is 30.1 Å². The van der Waals surface area contributed by atoms with E-state index < -0.39 is 0 Å². The van der Waals surface area contributed by atoms with E-state index in [4.69, 9.17) is 5.11 Å². The number of Topliss-reactive ketones (excluding diaryl/α,β-unsaturated/α-hetero) is 1. The summed E-state index contributed by atoms with van der Waals surface area (Å²) < 4.78 is 1.84. The Balaban J connectivity index is 1.68. The number of nitrogens with zero attached hydrogens (tertiary/aromatic N) is 2. The Labute approximate surface area is 123 Å². The second kappa shape index (κ2) is 4.81. The molecular formula is C17H18N2O2. The van der Waals surface area contributed by atoms with Crippen LogP contribution in [-0.4, -0.2) is 27.3 Å². The van der Waals surface area contributed by atoms with Crippen molar-refractivity contribution in [3.63, 3.8) is 0 Å². The number of rotatable bonds is 4. The van der Waals surface area contributed by atoms with Crippen molar-refractivity contribution in [1.29, 1.82) is 0 Å². The number of carbonyl (C=O) groups is 1. The molecule has 2 atom stereocenters. The molecule has 0 unspecified atom stereocenters. The number of aliphatic hydroxyl groups excluding tert-OH is 1. The van der Waals surface area contributed by atoms with Gasteiger partial charge in [-0.2, -0.15) is 5.10 Å². The van der Waals surface area contributed by atoms with Crippen LogP contribution in [0.5, 0.6) is 0 Å². The molecule has 21 heavy (non-hydrogen) atoms. The zero-order valence-electron chi connectivity index (χ0n) is 11.8. The maximum Gasteiger partial charge on any atom is 0.167 e. The van der Waals surface area contributed by atoms with Crippen molar-refractivity contribution in [3.8, 4) is 0 Å². The first-order valence-electron chi connectivity index (χ1n) is 7.58. The van der Waals surface area contributed by atoms with Gasteiger partial charge in [-0.05, 0) is 24.3 Å². The third-order valence-electron chi connectivity index (χ3n) is 4.63. The van der Waals surface area contributed by atoms with E-state index in [1.54, 1.807) is 0 Å². The first-order chi connectivity index (χ1) is 10.3. The number of fused-ring (bicyclic) bond motifs is 1. The van der Waals surface area contributed by atoms with Crippen LogP contribution in [0.15, 0.2) is 30.3 Å². The van der Waals surface area contributed by atoms with Crippen LogP contribution in [0.25, 0.3) is 0 Å². The fourth-order valence-electron chi connectivity index (χ4n) is 3.54. The van der Waals surface area contributed by atoms with E-state index in [1.165, 1.54) is 5.56 Å². The molecule has 1 saturated carbocycles. The highest BCUT2D eigenvalue weighted by Crippen LogP contribution is 2.55. The van der Waals surface area contributed by atoms with Gasteiger partial charge in [-0.1, -0.05) is 30.3 Å². The number of hydrogen-bond donors (Lipinski definition) is 1. The van der Waals surface area contributed by atoms with Crippen LogP contribution in [-0.2, 0) is 13.0 Å². The van der Waals surface area contributed by atoms with Crippen molar-refractivity contribution >= 4 is 5.78 Å². The summed E-state index contributed by atoms with van der Waals surface area (Å²) in [6.45, 7) is 0.548.